The summed E-state index contributed by atoms with van der Waals surface area (Å²) in [6, 6.07) is 5.91. The first kappa shape index (κ1) is 10.5. The second-order valence-corrected chi connectivity index (χ2v) is 3.96. The van der Waals surface area contributed by atoms with Crippen molar-refractivity contribution in [3.63, 3.8) is 0 Å². The van der Waals surface area contributed by atoms with E-state index in [0.29, 0.717) is 6.42 Å². The van der Waals surface area contributed by atoms with Gasteiger partial charge in [-0.2, -0.15) is 0 Å². The highest BCUT2D eigenvalue weighted by atomic mass is 35.5. The number of halogens is 1. The van der Waals surface area contributed by atoms with Crippen molar-refractivity contribution < 1.29 is 5.11 Å². The standard InChI is InChI=1S/C12H14ClNO/c1-2-14-8-9(6-7-15)12-10(13)4-3-5-11(12)14/h3-5,8,15H,2,6-7H2,1H3. The molecule has 2 aromatic rings. The average molecular weight is 224 g/mol. The molecule has 0 saturated heterocycles. The zero-order valence-electron chi connectivity index (χ0n) is 8.70. The second-order valence-electron chi connectivity index (χ2n) is 3.55. The summed E-state index contributed by atoms with van der Waals surface area (Å²) in [5.41, 5.74) is 2.27. The van der Waals surface area contributed by atoms with E-state index in [1.165, 1.54) is 0 Å². The van der Waals surface area contributed by atoms with Crippen LogP contribution in [0.3, 0.4) is 0 Å². The molecule has 0 radical (unpaired) electrons. The van der Waals surface area contributed by atoms with Gasteiger partial charge >= 0.3 is 0 Å². The molecule has 0 fully saturated rings. The number of rotatable bonds is 3. The Hall–Kier alpha value is -0.990. The van der Waals surface area contributed by atoms with Crippen LogP contribution in [0.2, 0.25) is 5.02 Å². The van der Waals surface area contributed by atoms with Gasteiger partial charge in [-0.25, -0.2) is 0 Å². The predicted octanol–water partition coefficient (Wildman–Crippen LogP) is 2.85. The Kier molecular flexibility index (Phi) is 2.98. The van der Waals surface area contributed by atoms with Gasteiger partial charge < -0.3 is 9.67 Å². The molecule has 15 heavy (non-hydrogen) atoms. The molecule has 2 rings (SSSR count). The molecule has 1 N–H and O–H groups in total. The highest BCUT2D eigenvalue weighted by molar-refractivity contribution is 6.35. The number of hydrogen-bond acceptors (Lipinski definition) is 1. The maximum Gasteiger partial charge on any atom is 0.0502 e. The highest BCUT2D eigenvalue weighted by Gasteiger charge is 2.09. The normalized spacial score (nSPS) is 11.1. The zero-order chi connectivity index (χ0) is 10.8. The highest BCUT2D eigenvalue weighted by Crippen LogP contribution is 2.28. The first-order chi connectivity index (χ1) is 7.27. The number of aliphatic hydroxyl groups excluding tert-OH is 1. The lowest BCUT2D eigenvalue weighted by molar-refractivity contribution is 0.300. The molecule has 0 unspecified atom stereocenters. The van der Waals surface area contributed by atoms with Gasteiger partial charge in [0.2, 0.25) is 0 Å². The van der Waals surface area contributed by atoms with Crippen LogP contribution in [-0.4, -0.2) is 16.3 Å². The molecule has 0 aliphatic carbocycles. The Bertz CT molecular complexity index is 476. The minimum atomic E-state index is 0.161. The van der Waals surface area contributed by atoms with E-state index >= 15 is 0 Å². The molecule has 2 nitrogen and oxygen atoms in total. The summed E-state index contributed by atoms with van der Waals surface area (Å²) in [7, 11) is 0. The largest absolute Gasteiger partial charge is 0.396 e. The van der Waals surface area contributed by atoms with Crippen molar-refractivity contribution in [2.45, 2.75) is 19.9 Å². The lowest BCUT2D eigenvalue weighted by atomic mass is 10.1. The summed E-state index contributed by atoms with van der Waals surface area (Å²) >= 11 is 6.17. The predicted molar refractivity (Wildman–Crippen MR) is 63.4 cm³/mol. The fraction of sp³-hybridized carbons (Fsp3) is 0.333. The fourth-order valence-electron chi connectivity index (χ4n) is 1.96. The van der Waals surface area contributed by atoms with Crippen molar-refractivity contribution in [1.82, 2.24) is 4.57 Å². The fourth-order valence-corrected chi connectivity index (χ4v) is 2.25. The topological polar surface area (TPSA) is 25.2 Å². The Balaban J connectivity index is 2.70. The van der Waals surface area contributed by atoms with Crippen molar-refractivity contribution in [3.05, 3.63) is 35.0 Å². The average Bonchev–Trinajstić information content (AvgIpc) is 2.59. The molecular weight excluding hydrogens is 210 g/mol. The van der Waals surface area contributed by atoms with Crippen LogP contribution in [-0.2, 0) is 13.0 Å². The maximum absolute atomic E-state index is 9.00. The van der Waals surface area contributed by atoms with Gasteiger partial charge in [-0.15, -0.1) is 0 Å². The van der Waals surface area contributed by atoms with E-state index in [1.807, 2.05) is 12.1 Å². The number of aromatic nitrogens is 1. The van der Waals surface area contributed by atoms with E-state index in [0.717, 1.165) is 28.0 Å². The van der Waals surface area contributed by atoms with E-state index in [-0.39, 0.29) is 6.61 Å². The van der Waals surface area contributed by atoms with Gasteiger partial charge in [-0.1, -0.05) is 17.7 Å². The van der Waals surface area contributed by atoms with E-state index in [1.54, 1.807) is 0 Å². The van der Waals surface area contributed by atoms with E-state index in [4.69, 9.17) is 16.7 Å². The molecule has 1 aromatic heterocycles. The molecule has 0 saturated carbocycles. The number of nitrogens with zero attached hydrogens (tertiary/aromatic N) is 1. The Morgan fingerprint density at radius 2 is 2.20 bits per heavy atom. The Labute approximate surface area is 94.1 Å². The Morgan fingerprint density at radius 1 is 1.40 bits per heavy atom. The number of aryl methyl sites for hydroxylation is 1. The SMILES string of the molecule is CCn1cc(CCO)c2c(Cl)cccc21. The Morgan fingerprint density at radius 3 is 2.87 bits per heavy atom. The van der Waals surface area contributed by atoms with E-state index in [9.17, 15) is 0 Å². The van der Waals surface area contributed by atoms with Gasteiger partial charge in [0.25, 0.3) is 0 Å². The van der Waals surface area contributed by atoms with Crippen LogP contribution >= 0.6 is 11.6 Å². The third-order valence-corrected chi connectivity index (χ3v) is 2.97. The van der Waals surface area contributed by atoms with Crippen LogP contribution in [0.15, 0.2) is 24.4 Å². The number of fused-ring (bicyclic) bond motifs is 1. The summed E-state index contributed by atoms with van der Waals surface area (Å²) in [6.45, 7) is 3.18. The van der Waals surface area contributed by atoms with Crippen LogP contribution in [0.5, 0.6) is 0 Å². The third-order valence-electron chi connectivity index (χ3n) is 2.66. The minimum absolute atomic E-state index is 0.161. The van der Waals surface area contributed by atoms with Crippen LogP contribution < -0.4 is 0 Å². The van der Waals surface area contributed by atoms with Gasteiger partial charge in [-0.3, -0.25) is 0 Å². The van der Waals surface area contributed by atoms with Crippen molar-refractivity contribution >= 4 is 22.5 Å². The van der Waals surface area contributed by atoms with Crippen LogP contribution in [0.4, 0.5) is 0 Å². The molecule has 0 amide bonds. The van der Waals surface area contributed by atoms with Crippen LogP contribution in [0.1, 0.15) is 12.5 Å². The lowest BCUT2D eigenvalue weighted by Gasteiger charge is -2.00. The summed E-state index contributed by atoms with van der Waals surface area (Å²) in [5.74, 6) is 0. The quantitative estimate of drug-likeness (QED) is 0.851. The molecule has 1 aromatic carbocycles. The third kappa shape index (κ3) is 1.75. The maximum atomic E-state index is 9.00. The molecule has 0 aliphatic rings. The number of benzene rings is 1. The summed E-state index contributed by atoms with van der Waals surface area (Å²) in [4.78, 5) is 0. The molecule has 0 aliphatic heterocycles. The van der Waals surface area contributed by atoms with Crippen LogP contribution in [0.25, 0.3) is 10.9 Å². The first-order valence-corrected chi connectivity index (χ1v) is 5.52. The van der Waals surface area contributed by atoms with Crippen molar-refractivity contribution in [3.8, 4) is 0 Å². The smallest absolute Gasteiger partial charge is 0.0502 e. The van der Waals surface area contributed by atoms with Crippen molar-refractivity contribution in [1.29, 1.82) is 0 Å². The lowest BCUT2D eigenvalue weighted by Crippen LogP contribution is -1.91. The van der Waals surface area contributed by atoms with Gasteiger partial charge in [-0.05, 0) is 31.0 Å². The van der Waals surface area contributed by atoms with Crippen molar-refractivity contribution in [2.24, 2.45) is 0 Å². The summed E-state index contributed by atoms with van der Waals surface area (Å²) < 4.78 is 2.16. The van der Waals surface area contributed by atoms with Gasteiger partial charge in [0, 0.05) is 30.3 Å². The first-order valence-electron chi connectivity index (χ1n) is 5.15. The molecule has 80 valence electrons. The molecule has 0 atom stereocenters. The van der Waals surface area contributed by atoms with Gasteiger partial charge in [0.15, 0.2) is 0 Å². The number of hydrogen-bond donors (Lipinski definition) is 1. The van der Waals surface area contributed by atoms with Gasteiger partial charge in [0.1, 0.15) is 0 Å². The molecular formula is C12H14ClNO. The van der Waals surface area contributed by atoms with E-state index < -0.39 is 0 Å². The molecule has 0 bridgehead atoms. The summed E-state index contributed by atoms with van der Waals surface area (Å²) in [6.07, 6.45) is 2.74. The zero-order valence-corrected chi connectivity index (χ0v) is 9.46. The number of aliphatic hydroxyl groups is 1. The van der Waals surface area contributed by atoms with Crippen LogP contribution in [0, 0.1) is 0 Å². The monoisotopic (exact) mass is 223 g/mol. The minimum Gasteiger partial charge on any atom is -0.396 e. The molecule has 1 heterocycles. The van der Waals surface area contributed by atoms with Gasteiger partial charge in [0.05, 0.1) is 5.02 Å². The van der Waals surface area contributed by atoms with Crippen molar-refractivity contribution in [2.75, 3.05) is 6.61 Å². The molecule has 0 spiro atoms. The molecule has 3 heteroatoms. The second kappa shape index (κ2) is 4.25. The van der Waals surface area contributed by atoms with E-state index in [2.05, 4.69) is 23.8 Å². The summed E-state index contributed by atoms with van der Waals surface area (Å²) in [5, 5.41) is 10.8.